The Morgan fingerprint density at radius 1 is 1.12 bits per heavy atom. The van der Waals surface area contributed by atoms with Gasteiger partial charge in [-0.05, 0) is 43.0 Å². The summed E-state index contributed by atoms with van der Waals surface area (Å²) in [6.07, 6.45) is 2.34. The lowest BCUT2D eigenvalue weighted by Gasteiger charge is -2.16. The summed E-state index contributed by atoms with van der Waals surface area (Å²) in [5, 5.41) is 0. The van der Waals surface area contributed by atoms with Crippen molar-refractivity contribution in [2.45, 2.75) is 40.5 Å². The summed E-state index contributed by atoms with van der Waals surface area (Å²) in [5.74, 6) is 1.62. The smallest absolute Gasteiger partial charge is 0.122 e. The number of nitrogens with two attached hydrogens (primary N) is 1. The highest BCUT2D eigenvalue weighted by Crippen LogP contribution is 2.25. The lowest BCUT2D eigenvalue weighted by Crippen LogP contribution is -2.11. The molecule has 2 heteroatoms. The molecule has 0 atom stereocenters. The van der Waals surface area contributed by atoms with Crippen LogP contribution in [0.2, 0.25) is 0 Å². The van der Waals surface area contributed by atoms with Gasteiger partial charge < -0.3 is 10.5 Å². The third-order valence-corrected chi connectivity index (χ3v) is 3.19. The summed E-state index contributed by atoms with van der Waals surface area (Å²) in [6, 6.07) is 4.02. The molecule has 0 saturated carbocycles. The molecule has 0 bridgehead atoms. The number of anilines is 1. The maximum atomic E-state index is 5.86. The molecule has 0 unspecified atom stereocenters. The monoisotopic (exact) mass is 221 g/mol. The summed E-state index contributed by atoms with van der Waals surface area (Å²) in [5.41, 5.74) is 8.89. The Bertz CT molecular complexity index is 343. The van der Waals surface area contributed by atoms with Crippen LogP contribution < -0.4 is 10.5 Å². The summed E-state index contributed by atoms with van der Waals surface area (Å²) < 4.78 is 5.86. The van der Waals surface area contributed by atoms with Crippen molar-refractivity contribution in [1.29, 1.82) is 0 Å². The minimum atomic E-state index is 0.650. The standard InChI is InChI=1S/C14H23NO/c1-5-12(6-2)9-16-14-8-10(3)13(15)7-11(14)4/h7-8,12H,5-6,9,15H2,1-4H3. The molecule has 2 N–H and O–H groups in total. The third-order valence-electron chi connectivity index (χ3n) is 3.19. The number of hydrogen-bond donors (Lipinski definition) is 1. The van der Waals surface area contributed by atoms with Gasteiger partial charge >= 0.3 is 0 Å². The zero-order valence-electron chi connectivity index (χ0n) is 10.8. The molecule has 1 rings (SSSR count). The second-order valence-electron chi connectivity index (χ2n) is 4.47. The van der Waals surface area contributed by atoms with E-state index in [0.717, 1.165) is 29.2 Å². The fraction of sp³-hybridized carbons (Fsp3) is 0.571. The second kappa shape index (κ2) is 5.78. The molecule has 0 spiro atoms. The average molecular weight is 221 g/mol. The van der Waals surface area contributed by atoms with E-state index in [9.17, 15) is 0 Å². The quantitative estimate of drug-likeness (QED) is 0.769. The van der Waals surface area contributed by atoms with Crippen molar-refractivity contribution in [2.24, 2.45) is 5.92 Å². The van der Waals surface area contributed by atoms with E-state index in [1.807, 2.05) is 26.0 Å². The van der Waals surface area contributed by atoms with Gasteiger partial charge in [0.15, 0.2) is 0 Å². The van der Waals surface area contributed by atoms with Crippen LogP contribution in [0.5, 0.6) is 5.75 Å². The SMILES string of the molecule is CCC(CC)COc1cc(C)c(N)cc1C. The molecule has 2 nitrogen and oxygen atoms in total. The van der Waals surface area contributed by atoms with Gasteiger partial charge in [-0.2, -0.15) is 0 Å². The van der Waals surface area contributed by atoms with Crippen molar-refractivity contribution in [1.82, 2.24) is 0 Å². The van der Waals surface area contributed by atoms with E-state index in [0.29, 0.717) is 5.92 Å². The van der Waals surface area contributed by atoms with Crippen molar-refractivity contribution in [3.05, 3.63) is 23.3 Å². The van der Waals surface area contributed by atoms with E-state index in [4.69, 9.17) is 10.5 Å². The number of rotatable bonds is 5. The molecule has 0 aliphatic carbocycles. The number of benzene rings is 1. The zero-order chi connectivity index (χ0) is 12.1. The lowest BCUT2D eigenvalue weighted by molar-refractivity contribution is 0.239. The summed E-state index contributed by atoms with van der Waals surface area (Å²) >= 11 is 0. The first-order valence-corrected chi connectivity index (χ1v) is 6.08. The van der Waals surface area contributed by atoms with Crippen molar-refractivity contribution < 1.29 is 4.74 Å². The Labute approximate surface area is 98.8 Å². The molecule has 90 valence electrons. The summed E-state index contributed by atoms with van der Waals surface area (Å²) in [7, 11) is 0. The molecule has 0 fully saturated rings. The molecule has 1 aromatic rings. The maximum Gasteiger partial charge on any atom is 0.122 e. The first-order chi connectivity index (χ1) is 7.58. The van der Waals surface area contributed by atoms with Crippen LogP contribution in [-0.2, 0) is 0 Å². The normalized spacial score (nSPS) is 10.8. The van der Waals surface area contributed by atoms with Crippen LogP contribution in [0.1, 0.15) is 37.8 Å². The van der Waals surface area contributed by atoms with Gasteiger partial charge in [0.1, 0.15) is 5.75 Å². The highest BCUT2D eigenvalue weighted by molar-refractivity contribution is 5.53. The molecule has 1 aromatic carbocycles. The molecule has 0 aromatic heterocycles. The van der Waals surface area contributed by atoms with Crippen LogP contribution in [-0.4, -0.2) is 6.61 Å². The van der Waals surface area contributed by atoms with Crippen LogP contribution in [0.4, 0.5) is 5.69 Å². The third kappa shape index (κ3) is 3.16. The zero-order valence-corrected chi connectivity index (χ0v) is 10.8. The van der Waals surface area contributed by atoms with E-state index >= 15 is 0 Å². The van der Waals surface area contributed by atoms with Gasteiger partial charge in [-0.3, -0.25) is 0 Å². The summed E-state index contributed by atoms with van der Waals surface area (Å²) in [4.78, 5) is 0. The molecule has 16 heavy (non-hydrogen) atoms. The van der Waals surface area contributed by atoms with Crippen molar-refractivity contribution in [3.63, 3.8) is 0 Å². The minimum Gasteiger partial charge on any atom is -0.493 e. The first-order valence-electron chi connectivity index (χ1n) is 6.08. The van der Waals surface area contributed by atoms with Crippen LogP contribution in [0.25, 0.3) is 0 Å². The average Bonchev–Trinajstić information content (AvgIpc) is 2.26. The molecule has 0 heterocycles. The number of aryl methyl sites for hydroxylation is 2. The fourth-order valence-corrected chi connectivity index (χ4v) is 1.70. The van der Waals surface area contributed by atoms with Crippen molar-refractivity contribution in [3.8, 4) is 5.75 Å². The lowest BCUT2D eigenvalue weighted by atomic mass is 10.1. The van der Waals surface area contributed by atoms with Gasteiger partial charge in [0.2, 0.25) is 0 Å². The van der Waals surface area contributed by atoms with Gasteiger partial charge in [0.05, 0.1) is 6.61 Å². The largest absolute Gasteiger partial charge is 0.493 e. The number of hydrogen-bond acceptors (Lipinski definition) is 2. The van der Waals surface area contributed by atoms with Crippen LogP contribution in [0, 0.1) is 19.8 Å². The predicted molar refractivity (Wildman–Crippen MR) is 69.9 cm³/mol. The van der Waals surface area contributed by atoms with Crippen LogP contribution >= 0.6 is 0 Å². The van der Waals surface area contributed by atoms with Gasteiger partial charge in [-0.1, -0.05) is 26.7 Å². The summed E-state index contributed by atoms with van der Waals surface area (Å²) in [6.45, 7) is 9.27. The van der Waals surface area contributed by atoms with E-state index in [-0.39, 0.29) is 0 Å². The molecule has 0 amide bonds. The van der Waals surface area contributed by atoms with Gasteiger partial charge in [0, 0.05) is 5.69 Å². The Balaban J connectivity index is 2.70. The molecule has 0 radical (unpaired) electrons. The highest BCUT2D eigenvalue weighted by atomic mass is 16.5. The Kier molecular flexibility index (Phi) is 4.66. The molecule has 0 aliphatic rings. The molecular weight excluding hydrogens is 198 g/mol. The van der Waals surface area contributed by atoms with Crippen molar-refractivity contribution >= 4 is 5.69 Å². The van der Waals surface area contributed by atoms with Gasteiger partial charge in [-0.15, -0.1) is 0 Å². The first kappa shape index (κ1) is 12.9. The molecular formula is C14H23NO. The Morgan fingerprint density at radius 3 is 2.31 bits per heavy atom. The van der Waals surface area contributed by atoms with E-state index in [1.54, 1.807) is 0 Å². The topological polar surface area (TPSA) is 35.2 Å². The van der Waals surface area contributed by atoms with E-state index < -0.39 is 0 Å². The van der Waals surface area contributed by atoms with Gasteiger partial charge in [0.25, 0.3) is 0 Å². The fourth-order valence-electron chi connectivity index (χ4n) is 1.70. The molecule has 0 saturated heterocycles. The molecule has 0 aliphatic heterocycles. The van der Waals surface area contributed by atoms with Crippen LogP contribution in [0.3, 0.4) is 0 Å². The van der Waals surface area contributed by atoms with E-state index in [2.05, 4.69) is 13.8 Å². The Morgan fingerprint density at radius 2 is 1.75 bits per heavy atom. The number of ether oxygens (including phenoxy) is 1. The number of nitrogen functional groups attached to an aromatic ring is 1. The van der Waals surface area contributed by atoms with E-state index in [1.165, 1.54) is 12.8 Å². The van der Waals surface area contributed by atoms with Crippen molar-refractivity contribution in [2.75, 3.05) is 12.3 Å². The Hall–Kier alpha value is -1.18. The highest BCUT2D eigenvalue weighted by Gasteiger charge is 2.07. The predicted octanol–water partition coefficient (Wildman–Crippen LogP) is 3.70. The maximum absolute atomic E-state index is 5.86. The van der Waals surface area contributed by atoms with Crippen LogP contribution in [0.15, 0.2) is 12.1 Å². The van der Waals surface area contributed by atoms with Gasteiger partial charge in [-0.25, -0.2) is 0 Å². The minimum absolute atomic E-state index is 0.650. The second-order valence-corrected chi connectivity index (χ2v) is 4.47.